The number of hydrogen-bond acceptors (Lipinski definition) is 11. The summed E-state index contributed by atoms with van der Waals surface area (Å²) in [5, 5.41) is 38.4. The van der Waals surface area contributed by atoms with E-state index in [1.807, 2.05) is 72.8 Å². The van der Waals surface area contributed by atoms with Crippen LogP contribution in [0.3, 0.4) is 0 Å². The van der Waals surface area contributed by atoms with E-state index in [1.54, 1.807) is 36.4 Å². The Morgan fingerprint density at radius 1 is 0.450 bits per heavy atom. The van der Waals surface area contributed by atoms with Crippen molar-refractivity contribution >= 4 is 92.8 Å². The number of ether oxygens (including phenoxy) is 2. The second-order valence-corrected chi connectivity index (χ2v) is 36.5. The van der Waals surface area contributed by atoms with E-state index in [9.17, 15) is 34.6 Å². The molecule has 3 aliphatic heterocycles. The van der Waals surface area contributed by atoms with Crippen molar-refractivity contribution in [2.75, 3.05) is 68.4 Å². The maximum atomic E-state index is 13.5. The van der Waals surface area contributed by atoms with Gasteiger partial charge in [-0.05, 0) is 273 Å². The zero-order valence-electron chi connectivity index (χ0n) is 69.0. The van der Waals surface area contributed by atoms with E-state index >= 15 is 0 Å². The number of likely N-dealkylation sites (tertiary alicyclic amines) is 3. The van der Waals surface area contributed by atoms with Crippen LogP contribution in [0, 0.1) is 57.1 Å². The SMILES string of the molecule is CC1CCC(N2CCC(OCC(=O)Nc3cc(Cl)cc(Cl)c3)(c3ccc(-c4cccc(C#N)c4)cc3)CC2)C1.CCC(C)(C)C1CCC(N2CCC(OCC(=O)Nc3cc(Cl)cc(Cl)c3)(c3ccc(-c4cccc(C#N)c4)cc3)CC2)C1.N#Cc1cccc(-c2ccc(C3(CCC(=O)Nc4ccc(F)c(Cl)c4)CCN(C4CCCC4)CC3)cc2)c1. The number of hydrogen-bond donors (Lipinski definition) is 3. The van der Waals surface area contributed by atoms with Gasteiger partial charge in [-0.25, -0.2) is 4.39 Å². The average Bonchev–Trinajstić information content (AvgIpc) is 1.12. The Bertz CT molecular complexity index is 5130. The Balaban J connectivity index is 0.000000156. The number of anilines is 3. The summed E-state index contributed by atoms with van der Waals surface area (Å²) in [4.78, 5) is 46.8. The average molecular weight is 1710 g/mol. The van der Waals surface area contributed by atoms with Gasteiger partial charge in [0.1, 0.15) is 19.0 Å². The minimum absolute atomic E-state index is 0.000971. The fraction of sp³-hybridized carbons (Fsp3) is 0.400. The van der Waals surface area contributed by atoms with Crippen LogP contribution in [0.15, 0.2) is 200 Å². The molecule has 0 radical (unpaired) electrons. The van der Waals surface area contributed by atoms with Crippen LogP contribution < -0.4 is 16.0 Å². The van der Waals surface area contributed by atoms with E-state index in [0.717, 1.165) is 141 Å². The van der Waals surface area contributed by atoms with E-state index in [1.165, 1.54) is 94.4 Å². The van der Waals surface area contributed by atoms with Gasteiger partial charge in [-0.3, -0.25) is 14.4 Å². The van der Waals surface area contributed by atoms with E-state index < -0.39 is 17.0 Å². The van der Waals surface area contributed by atoms with Crippen molar-refractivity contribution in [2.24, 2.45) is 17.3 Å². The number of carbonyl (C=O) groups excluding carboxylic acids is 3. The van der Waals surface area contributed by atoms with Crippen LogP contribution in [0.4, 0.5) is 21.5 Å². The molecule has 4 atom stereocenters. The van der Waals surface area contributed by atoms with Gasteiger partial charge >= 0.3 is 0 Å². The van der Waals surface area contributed by atoms with Gasteiger partial charge in [-0.2, -0.15) is 15.8 Å². The first kappa shape index (κ1) is 88.8. The molecule has 624 valence electrons. The number of rotatable bonds is 23. The third kappa shape index (κ3) is 22.8. The van der Waals surface area contributed by atoms with Crippen molar-refractivity contribution in [3.8, 4) is 51.6 Å². The fourth-order valence-corrected chi connectivity index (χ4v) is 20.3. The number of amides is 3. The second kappa shape index (κ2) is 40.8. The first-order valence-corrected chi connectivity index (χ1v) is 44.4. The molecular weight excluding hydrogens is 1600 g/mol. The molecule has 9 aromatic rings. The number of carbonyl (C=O) groups is 3. The number of piperidine rings is 3. The van der Waals surface area contributed by atoms with Crippen LogP contribution in [0.25, 0.3) is 33.4 Å². The first-order valence-electron chi connectivity index (χ1n) is 42.5. The third-order valence-electron chi connectivity index (χ3n) is 26.5. The number of halogens is 6. The van der Waals surface area contributed by atoms with Gasteiger partial charge in [0.15, 0.2) is 0 Å². The van der Waals surface area contributed by atoms with Crippen molar-refractivity contribution in [2.45, 2.75) is 184 Å². The smallest absolute Gasteiger partial charge is 0.250 e. The zero-order valence-corrected chi connectivity index (χ0v) is 72.8. The van der Waals surface area contributed by atoms with E-state index in [4.69, 9.17) is 67.5 Å². The maximum absolute atomic E-state index is 13.5. The van der Waals surface area contributed by atoms with Gasteiger partial charge in [0, 0.05) is 87.9 Å². The molecule has 0 spiro atoms. The second-order valence-electron chi connectivity index (χ2n) is 34.4. The van der Waals surface area contributed by atoms with Crippen LogP contribution in [-0.4, -0.2) is 103 Å². The predicted molar refractivity (Wildman–Crippen MR) is 483 cm³/mol. The van der Waals surface area contributed by atoms with Crippen molar-refractivity contribution in [3.63, 3.8) is 0 Å². The highest BCUT2D eigenvalue weighted by molar-refractivity contribution is 6.36. The lowest BCUT2D eigenvalue weighted by molar-refractivity contribution is -0.136. The van der Waals surface area contributed by atoms with Crippen LogP contribution >= 0.6 is 58.0 Å². The number of benzene rings is 9. The Morgan fingerprint density at radius 3 is 1.26 bits per heavy atom. The van der Waals surface area contributed by atoms with E-state index in [-0.39, 0.29) is 41.4 Å². The summed E-state index contributed by atoms with van der Waals surface area (Å²) in [5.74, 6) is 0.473. The normalized spacial score (nSPS) is 19.7. The lowest BCUT2D eigenvalue weighted by atomic mass is 9.69. The number of nitriles is 3. The Hall–Kier alpha value is -8.96. The molecule has 3 saturated carbocycles. The molecule has 20 heteroatoms. The van der Waals surface area contributed by atoms with Gasteiger partial charge in [0.2, 0.25) is 17.7 Å². The van der Waals surface area contributed by atoms with Crippen LogP contribution in [0.1, 0.15) is 183 Å². The predicted octanol–water partition coefficient (Wildman–Crippen LogP) is 24.5. The highest BCUT2D eigenvalue weighted by Gasteiger charge is 2.45. The van der Waals surface area contributed by atoms with Crippen molar-refractivity contribution in [3.05, 3.63) is 265 Å². The fourth-order valence-electron chi connectivity index (χ4n) is 19.1. The molecule has 3 aliphatic carbocycles. The molecular formula is C100H107Cl5FN9O5. The van der Waals surface area contributed by atoms with E-state index in [2.05, 4.69) is 149 Å². The summed E-state index contributed by atoms with van der Waals surface area (Å²) in [7, 11) is 0. The molecule has 6 aliphatic rings. The first-order chi connectivity index (χ1) is 57.9. The molecule has 3 amide bonds. The molecule has 3 N–H and O–H groups in total. The van der Waals surface area contributed by atoms with Crippen LogP contribution in [0.5, 0.6) is 0 Å². The molecule has 6 fully saturated rings. The molecule has 120 heavy (non-hydrogen) atoms. The summed E-state index contributed by atoms with van der Waals surface area (Å²) < 4.78 is 26.6. The Kier molecular flexibility index (Phi) is 30.2. The minimum atomic E-state index is -0.576. The number of nitrogens with one attached hydrogen (secondary N) is 3. The lowest BCUT2D eigenvalue weighted by Crippen LogP contribution is -2.48. The van der Waals surface area contributed by atoms with E-state index in [0.29, 0.717) is 83.8 Å². The zero-order chi connectivity index (χ0) is 84.6. The summed E-state index contributed by atoms with van der Waals surface area (Å²) in [6, 6.07) is 71.2. The van der Waals surface area contributed by atoms with Gasteiger partial charge in [-0.15, -0.1) is 0 Å². The molecule has 3 saturated heterocycles. The van der Waals surface area contributed by atoms with Gasteiger partial charge in [-0.1, -0.05) is 214 Å². The minimum Gasteiger partial charge on any atom is -0.360 e. The van der Waals surface area contributed by atoms with Crippen LogP contribution in [-0.2, 0) is 40.5 Å². The standard InChI is InChI=1S/C36H41Cl2N3O2.C32H33Cl2N3O2.C32H33ClFN3O/c1-4-35(2,3)29-12-13-33(19-29)41-16-14-36(15-17-41,43-24-34(42)40-32-21-30(37)20-31(38)22-32)28-10-8-26(9-11-28)27-7-5-6-25(18-27)23-39;1-22-5-10-30(15-22)37-13-11-32(12-14-37,39-21-31(38)36-29-18-27(33)17-28(34)19-29)26-8-6-24(7-9-26)25-4-2-3-23(16-25)20-35;33-29-21-27(12-13-30(29)34)36-31(38)14-15-32(16-18-37(19-17-32)28-6-1-2-7-28)26-10-8-24(9-11-26)25-5-3-4-23(20-25)22-35/h5-11,18,20-22,29,33H,4,12-17,19,24H2,1-3H3,(H,40,42);2-4,6-9,16-19,22,30H,5,10-15,21H2,1H3,(H,36,38);3-5,8-13,20-21,28H,1-2,6-7,14-19H2,(H,36,38). The molecule has 15 rings (SSSR count). The van der Waals surface area contributed by atoms with Crippen molar-refractivity contribution in [1.82, 2.24) is 14.7 Å². The van der Waals surface area contributed by atoms with Gasteiger partial charge in [0.05, 0.1) is 51.1 Å². The van der Waals surface area contributed by atoms with Crippen molar-refractivity contribution < 1.29 is 28.2 Å². The Labute approximate surface area is 732 Å². The summed E-state index contributed by atoms with van der Waals surface area (Å²) in [5.41, 5.74) is 12.3. The topological polar surface area (TPSA) is 187 Å². The Morgan fingerprint density at radius 2 is 0.850 bits per heavy atom. The molecule has 3 heterocycles. The van der Waals surface area contributed by atoms with Crippen LogP contribution in [0.2, 0.25) is 25.1 Å². The van der Waals surface area contributed by atoms with Gasteiger partial charge in [0.25, 0.3) is 0 Å². The molecule has 0 bridgehead atoms. The third-order valence-corrected chi connectivity index (χ3v) is 27.7. The highest BCUT2D eigenvalue weighted by atomic mass is 35.5. The molecule has 0 aromatic heterocycles. The highest BCUT2D eigenvalue weighted by Crippen LogP contribution is 2.48. The maximum Gasteiger partial charge on any atom is 0.250 e. The van der Waals surface area contributed by atoms with Gasteiger partial charge < -0.3 is 40.1 Å². The quantitative estimate of drug-likeness (QED) is 0.0553. The molecule has 4 unspecified atom stereocenters. The monoisotopic (exact) mass is 1710 g/mol. The number of nitrogens with zero attached hydrogens (tertiary/aromatic N) is 6. The van der Waals surface area contributed by atoms with Crippen molar-refractivity contribution in [1.29, 1.82) is 15.8 Å². The summed E-state index contributed by atoms with van der Waals surface area (Å²) >= 11 is 30.3. The molecule has 9 aromatic carbocycles. The summed E-state index contributed by atoms with van der Waals surface area (Å²) in [6.45, 7) is 15.2. The lowest BCUT2D eigenvalue weighted by Gasteiger charge is -2.44. The summed E-state index contributed by atoms with van der Waals surface area (Å²) in [6.07, 6.45) is 20.5. The molecule has 14 nitrogen and oxygen atoms in total. The largest absolute Gasteiger partial charge is 0.360 e.